The molecule has 2 heterocycles. The number of hydrogen-bond donors (Lipinski definition) is 2. The third-order valence-corrected chi connectivity index (χ3v) is 4.07. The Bertz CT molecular complexity index is 766. The zero-order chi connectivity index (χ0) is 15.5. The minimum absolute atomic E-state index is 0.867. The lowest BCUT2D eigenvalue weighted by molar-refractivity contribution is -0.675. The normalized spacial score (nSPS) is 16.7. The van der Waals surface area contributed by atoms with Crippen LogP contribution in [0.5, 0.6) is 0 Å². The Labute approximate surface area is 135 Å². The zero-order valence-electron chi connectivity index (χ0n) is 12.9. The average molecular weight is 306 g/mol. The third kappa shape index (κ3) is 2.90. The molecule has 0 saturated heterocycles. The van der Waals surface area contributed by atoms with Gasteiger partial charge in [-0.2, -0.15) is 0 Å². The van der Waals surface area contributed by atoms with E-state index in [0.29, 0.717) is 0 Å². The Morgan fingerprint density at radius 1 is 0.870 bits per heavy atom. The third-order valence-electron chi connectivity index (χ3n) is 4.07. The van der Waals surface area contributed by atoms with Crippen molar-refractivity contribution < 1.29 is 4.68 Å². The summed E-state index contributed by atoms with van der Waals surface area (Å²) < 4.78 is 2.18. The van der Waals surface area contributed by atoms with Crippen molar-refractivity contribution in [3.63, 3.8) is 0 Å². The summed E-state index contributed by atoms with van der Waals surface area (Å²) in [7, 11) is 0. The van der Waals surface area contributed by atoms with E-state index in [1.807, 2.05) is 29.6 Å². The molecule has 0 atom stereocenters. The fraction of sp³-hybridized carbons (Fsp3) is 0.222. The molecule has 0 aliphatic carbocycles. The van der Waals surface area contributed by atoms with Crippen LogP contribution in [0.15, 0.2) is 53.5 Å². The van der Waals surface area contributed by atoms with Crippen molar-refractivity contribution >= 4 is 23.8 Å². The molecular weight excluding hydrogens is 286 g/mol. The number of rotatable bonds is 0. The van der Waals surface area contributed by atoms with Gasteiger partial charge >= 0.3 is 0 Å². The molecule has 23 heavy (non-hydrogen) atoms. The largest absolute Gasteiger partial charge is 0.292 e. The van der Waals surface area contributed by atoms with E-state index in [1.54, 1.807) is 0 Å². The van der Waals surface area contributed by atoms with Gasteiger partial charge < -0.3 is 0 Å². The summed E-state index contributed by atoms with van der Waals surface area (Å²) in [6.45, 7) is 1.80. The maximum Gasteiger partial charge on any atom is 0.207 e. The predicted octanol–water partition coefficient (Wildman–Crippen LogP) is 2.92. The highest BCUT2D eigenvalue weighted by Gasteiger charge is 2.24. The highest BCUT2D eigenvalue weighted by molar-refractivity contribution is 5.88. The molecule has 116 valence electrons. The number of benzene rings is 2. The van der Waals surface area contributed by atoms with Crippen LogP contribution in [-0.4, -0.2) is 35.4 Å². The molecule has 5 nitrogen and oxygen atoms in total. The highest BCUT2D eigenvalue weighted by Crippen LogP contribution is 2.21. The molecular formula is C18H20N5+. The van der Waals surface area contributed by atoms with Crippen LogP contribution in [0.4, 0.5) is 11.4 Å². The highest BCUT2D eigenvalue weighted by atomic mass is 15.9. The summed E-state index contributed by atoms with van der Waals surface area (Å²) in [4.78, 5) is 4.54. The molecule has 0 aromatic heterocycles. The van der Waals surface area contributed by atoms with E-state index in [1.165, 1.54) is 5.56 Å². The van der Waals surface area contributed by atoms with Crippen LogP contribution < -0.4 is 10.9 Å². The number of para-hydroxylation sites is 2. The predicted molar refractivity (Wildman–Crippen MR) is 94.0 cm³/mol. The van der Waals surface area contributed by atoms with Crippen molar-refractivity contribution in [1.29, 1.82) is 0 Å². The van der Waals surface area contributed by atoms with Crippen molar-refractivity contribution in [2.75, 3.05) is 23.9 Å². The molecule has 0 saturated carbocycles. The lowest BCUT2D eigenvalue weighted by Crippen LogP contribution is -2.47. The van der Waals surface area contributed by atoms with E-state index in [4.69, 9.17) is 0 Å². The van der Waals surface area contributed by atoms with Crippen LogP contribution in [0.2, 0.25) is 0 Å². The summed E-state index contributed by atoms with van der Waals surface area (Å²) in [5, 5.41) is 1.96. The van der Waals surface area contributed by atoms with Crippen molar-refractivity contribution in [3.05, 3.63) is 59.7 Å². The van der Waals surface area contributed by atoms with Gasteiger partial charge in [0, 0.05) is 30.0 Å². The average Bonchev–Trinajstić information content (AvgIpc) is 2.62. The monoisotopic (exact) mass is 306 g/mol. The molecule has 4 rings (SSSR count). The van der Waals surface area contributed by atoms with E-state index < -0.39 is 0 Å². The summed E-state index contributed by atoms with van der Waals surface area (Å²) in [5.41, 5.74) is 11.3. The fourth-order valence-corrected chi connectivity index (χ4v) is 2.83. The first kappa shape index (κ1) is 13.8. The second-order valence-corrected chi connectivity index (χ2v) is 5.74. The van der Waals surface area contributed by atoms with E-state index in [-0.39, 0.29) is 0 Å². The molecule has 5 heteroatoms. The standard InChI is InChI=1S/C18H19N5/c1-3-9-17-15(7-1)13-19-11-5-6-12-22-14-16-8-2-4-10-18(16)21-23(22)20-17/h1-4,7-10,13-14H,5-6,11-12H2,(H,19,20)/p+1. The van der Waals surface area contributed by atoms with Gasteiger partial charge in [-0.15, -0.1) is 0 Å². The maximum absolute atomic E-state index is 4.54. The van der Waals surface area contributed by atoms with Crippen LogP contribution in [0.1, 0.15) is 24.0 Å². The lowest BCUT2D eigenvalue weighted by atomic mass is 10.2. The van der Waals surface area contributed by atoms with E-state index in [0.717, 1.165) is 42.9 Å². The van der Waals surface area contributed by atoms with E-state index in [9.17, 15) is 0 Å². The summed E-state index contributed by atoms with van der Waals surface area (Å²) >= 11 is 0. The molecule has 0 amide bonds. The Hall–Kier alpha value is -2.82. The maximum atomic E-state index is 4.54. The molecule has 0 unspecified atom stereocenters. The second kappa shape index (κ2) is 6.12. The number of aliphatic imine (C=N–C) groups is 1. The van der Waals surface area contributed by atoms with Gasteiger partial charge in [-0.3, -0.25) is 4.99 Å². The van der Waals surface area contributed by atoms with Crippen molar-refractivity contribution in [3.8, 4) is 0 Å². The van der Waals surface area contributed by atoms with Gasteiger partial charge in [-0.05, 0) is 24.6 Å². The summed E-state index contributed by atoms with van der Waals surface area (Å²) in [6.07, 6.45) is 6.31. The van der Waals surface area contributed by atoms with Crippen LogP contribution in [0.3, 0.4) is 0 Å². The van der Waals surface area contributed by atoms with Crippen LogP contribution in [0.25, 0.3) is 0 Å². The number of fused-ring (bicyclic) bond motifs is 3. The van der Waals surface area contributed by atoms with Crippen molar-refractivity contribution in [2.45, 2.75) is 12.8 Å². The zero-order valence-corrected chi connectivity index (χ0v) is 12.9. The van der Waals surface area contributed by atoms with Gasteiger partial charge in [0.1, 0.15) is 0 Å². The number of hydrogen-bond acceptors (Lipinski definition) is 4. The molecule has 2 aromatic rings. The quantitative estimate of drug-likeness (QED) is 0.736. The number of anilines is 2. The molecule has 0 radical (unpaired) electrons. The molecule has 2 aliphatic rings. The Morgan fingerprint density at radius 3 is 2.39 bits per heavy atom. The fourth-order valence-electron chi connectivity index (χ4n) is 2.83. The van der Waals surface area contributed by atoms with Gasteiger partial charge in [-0.25, -0.2) is 10.9 Å². The summed E-state index contributed by atoms with van der Waals surface area (Å²) in [6, 6.07) is 16.5. The first-order valence-corrected chi connectivity index (χ1v) is 8.03. The van der Waals surface area contributed by atoms with Gasteiger partial charge in [0.15, 0.2) is 6.54 Å². The minimum atomic E-state index is 0.867. The molecule has 2 N–H and O–H groups in total. The van der Waals surface area contributed by atoms with Gasteiger partial charge in [0.2, 0.25) is 6.21 Å². The van der Waals surface area contributed by atoms with E-state index >= 15 is 0 Å². The van der Waals surface area contributed by atoms with Crippen LogP contribution in [-0.2, 0) is 0 Å². The minimum Gasteiger partial charge on any atom is -0.292 e. The van der Waals surface area contributed by atoms with Crippen LogP contribution >= 0.6 is 0 Å². The van der Waals surface area contributed by atoms with Crippen LogP contribution in [0, 0.1) is 0 Å². The molecule has 2 aliphatic heterocycles. The smallest absolute Gasteiger partial charge is 0.207 e. The summed E-state index contributed by atoms with van der Waals surface area (Å²) in [5.74, 6) is 0. The molecule has 0 bridgehead atoms. The first-order chi connectivity index (χ1) is 11.4. The van der Waals surface area contributed by atoms with E-state index in [2.05, 4.69) is 57.1 Å². The van der Waals surface area contributed by atoms with Crippen molar-refractivity contribution in [2.24, 2.45) is 4.99 Å². The Balaban J connectivity index is 1.72. The molecule has 0 spiro atoms. The van der Waals surface area contributed by atoms with Gasteiger partial charge in [0.05, 0.1) is 16.9 Å². The Morgan fingerprint density at radius 2 is 1.57 bits per heavy atom. The number of hydrazine groups is 3. The number of nitrogens with zero attached hydrogens (tertiary/aromatic N) is 3. The lowest BCUT2D eigenvalue weighted by Gasteiger charge is -2.27. The SMILES string of the molecule is C1=NCCCC[N+]2=Cc3ccccc3NN2Nc2ccccc21. The topological polar surface area (TPSA) is 42.7 Å². The molecule has 2 aromatic carbocycles. The molecule has 0 fully saturated rings. The second-order valence-electron chi connectivity index (χ2n) is 5.74. The van der Waals surface area contributed by atoms with Gasteiger partial charge in [-0.1, -0.05) is 35.0 Å². The first-order valence-electron chi connectivity index (χ1n) is 8.03. The Kier molecular flexibility index (Phi) is 3.68. The number of nitrogens with one attached hydrogen (secondary N) is 2. The number of hydrazone groups is 1. The van der Waals surface area contributed by atoms with Crippen molar-refractivity contribution in [1.82, 2.24) is 5.23 Å². The van der Waals surface area contributed by atoms with Gasteiger partial charge in [0.25, 0.3) is 0 Å².